The second kappa shape index (κ2) is 13.5. The van der Waals surface area contributed by atoms with Crippen LogP contribution in [0, 0.1) is 18.8 Å². The molecular weight excluding hydrogens is 617 g/mol. The Morgan fingerprint density at radius 2 is 1.92 bits per heavy atom. The number of pyridine rings is 1. The molecule has 2 aromatic carbocycles. The largest absolute Gasteiger partial charge is 0.416 e. The van der Waals surface area contributed by atoms with Crippen molar-refractivity contribution < 1.29 is 18.0 Å². The van der Waals surface area contributed by atoms with Gasteiger partial charge < -0.3 is 15.5 Å². The molecule has 1 aliphatic heterocycles. The van der Waals surface area contributed by atoms with E-state index in [1.54, 1.807) is 30.6 Å². The predicted octanol–water partition coefficient (Wildman–Crippen LogP) is 6.41. The van der Waals surface area contributed by atoms with Crippen molar-refractivity contribution in [3.8, 4) is 11.8 Å². The summed E-state index contributed by atoms with van der Waals surface area (Å²) in [5.41, 5.74) is 4.26. The van der Waals surface area contributed by atoms with Crippen LogP contribution >= 0.6 is 0 Å². The zero-order valence-electron chi connectivity index (χ0n) is 27.3. The van der Waals surface area contributed by atoms with Crippen LogP contribution in [0.25, 0.3) is 5.65 Å². The van der Waals surface area contributed by atoms with Crippen molar-refractivity contribution >= 4 is 28.6 Å². The molecule has 6 rings (SSSR count). The zero-order chi connectivity index (χ0) is 34.0. The summed E-state index contributed by atoms with van der Waals surface area (Å²) in [5, 5.41) is 10.3. The number of fused-ring (bicyclic) bond motifs is 1. The fraction of sp³-hybridized carbons (Fsp3) is 0.306. The number of hydrogen-bond acceptors (Lipinski definition) is 6. The van der Waals surface area contributed by atoms with Crippen LogP contribution in [0.2, 0.25) is 0 Å². The number of benzene rings is 2. The zero-order valence-corrected chi connectivity index (χ0v) is 27.3. The molecule has 0 aliphatic carbocycles. The van der Waals surface area contributed by atoms with Crippen molar-refractivity contribution in [1.82, 2.24) is 29.0 Å². The van der Waals surface area contributed by atoms with Gasteiger partial charge in [-0.3, -0.25) is 18.8 Å². The topological polar surface area (TPSA) is 82.7 Å². The number of imidazole rings is 1. The van der Waals surface area contributed by atoms with E-state index in [4.69, 9.17) is 0 Å². The van der Waals surface area contributed by atoms with Gasteiger partial charge in [0.25, 0.3) is 5.91 Å². The summed E-state index contributed by atoms with van der Waals surface area (Å²) in [6, 6.07) is 13.2. The molecule has 9 nitrogen and oxygen atoms in total. The smallest absolute Gasteiger partial charge is 0.350 e. The van der Waals surface area contributed by atoms with E-state index in [2.05, 4.69) is 37.5 Å². The molecule has 1 unspecified atom stereocenters. The number of rotatable bonds is 8. The number of nitrogens with zero attached hydrogens (tertiary/aromatic N) is 6. The summed E-state index contributed by atoms with van der Waals surface area (Å²) in [6.45, 7) is 6.31. The molecule has 48 heavy (non-hydrogen) atoms. The highest BCUT2D eigenvalue weighted by Crippen LogP contribution is 2.35. The number of aryl methyl sites for hydroxylation is 2. The van der Waals surface area contributed by atoms with Gasteiger partial charge in [-0.2, -0.15) is 18.3 Å². The molecule has 12 heteroatoms. The SMILES string of the molecule is CCn1cc(Nc2cccn3c(C#Cc4cc(C(=O)Nc5ccc(CN6CCC(N(C)C)C6)c(C(F)(F)F)c5)ccc4C)cnc23)cn1. The first-order valence-corrected chi connectivity index (χ1v) is 15.8. The van der Waals surface area contributed by atoms with Gasteiger partial charge in [-0.25, -0.2) is 4.98 Å². The van der Waals surface area contributed by atoms with Crippen LogP contribution in [0.1, 0.15) is 51.7 Å². The van der Waals surface area contributed by atoms with Gasteiger partial charge in [0.05, 0.1) is 29.3 Å². The Balaban J connectivity index is 1.19. The molecule has 1 amide bonds. The van der Waals surface area contributed by atoms with E-state index in [0.29, 0.717) is 29.5 Å². The van der Waals surface area contributed by atoms with Gasteiger partial charge in [0.1, 0.15) is 5.69 Å². The molecule has 0 spiro atoms. The van der Waals surface area contributed by atoms with Gasteiger partial charge in [0.2, 0.25) is 0 Å². The second-order valence-electron chi connectivity index (χ2n) is 12.2. The Bertz CT molecular complexity index is 2020. The molecule has 1 fully saturated rings. The molecule has 2 N–H and O–H groups in total. The molecule has 0 bridgehead atoms. The van der Waals surface area contributed by atoms with Gasteiger partial charge in [0, 0.05) is 61.4 Å². The first-order valence-electron chi connectivity index (χ1n) is 15.8. The van der Waals surface area contributed by atoms with Crippen molar-refractivity contribution in [2.45, 2.75) is 45.6 Å². The first kappa shape index (κ1) is 32.8. The van der Waals surface area contributed by atoms with E-state index in [-0.39, 0.29) is 23.4 Å². The van der Waals surface area contributed by atoms with E-state index in [1.165, 1.54) is 12.1 Å². The Morgan fingerprint density at radius 3 is 2.65 bits per heavy atom. The number of likely N-dealkylation sites (tertiary alicyclic amines) is 1. The number of hydrogen-bond donors (Lipinski definition) is 2. The molecule has 1 atom stereocenters. The third-order valence-electron chi connectivity index (χ3n) is 8.64. The predicted molar refractivity (Wildman–Crippen MR) is 180 cm³/mol. The van der Waals surface area contributed by atoms with Crippen molar-refractivity contribution in [3.63, 3.8) is 0 Å². The number of halogens is 3. The highest BCUT2D eigenvalue weighted by atomic mass is 19.4. The number of carbonyl (C=O) groups excluding carboxylic acids is 1. The maximum Gasteiger partial charge on any atom is 0.416 e. The number of likely N-dealkylation sites (N-methyl/N-ethyl adjacent to an activating group) is 1. The van der Waals surface area contributed by atoms with Crippen molar-refractivity contribution in [2.75, 3.05) is 37.8 Å². The minimum Gasteiger partial charge on any atom is -0.350 e. The number of alkyl halides is 3. The van der Waals surface area contributed by atoms with Crippen LogP contribution in [0.5, 0.6) is 0 Å². The Kier molecular flexibility index (Phi) is 9.26. The van der Waals surface area contributed by atoms with Crippen molar-refractivity contribution in [3.05, 3.63) is 107 Å². The molecule has 3 aromatic heterocycles. The number of amides is 1. The lowest BCUT2D eigenvalue weighted by Gasteiger charge is -2.22. The average Bonchev–Trinajstić information content (AvgIpc) is 3.81. The molecular formula is C36H37F3N8O. The van der Waals surface area contributed by atoms with Crippen molar-refractivity contribution in [2.24, 2.45) is 0 Å². The number of carbonyl (C=O) groups is 1. The monoisotopic (exact) mass is 654 g/mol. The van der Waals surface area contributed by atoms with Crippen molar-refractivity contribution in [1.29, 1.82) is 0 Å². The fourth-order valence-corrected chi connectivity index (χ4v) is 5.86. The Morgan fingerprint density at radius 1 is 1.08 bits per heavy atom. The summed E-state index contributed by atoms with van der Waals surface area (Å²) < 4.78 is 46.1. The second-order valence-corrected chi connectivity index (χ2v) is 12.2. The third-order valence-corrected chi connectivity index (χ3v) is 8.64. The van der Waals surface area contributed by atoms with E-state index in [1.807, 2.05) is 66.5 Å². The molecule has 4 heterocycles. The minimum atomic E-state index is -4.56. The number of anilines is 3. The highest BCUT2D eigenvalue weighted by molar-refractivity contribution is 6.04. The molecule has 0 radical (unpaired) electrons. The van der Waals surface area contributed by atoms with Gasteiger partial charge in [0.15, 0.2) is 5.65 Å². The van der Waals surface area contributed by atoms with Gasteiger partial charge >= 0.3 is 6.18 Å². The lowest BCUT2D eigenvalue weighted by molar-refractivity contribution is -0.138. The van der Waals surface area contributed by atoms with Crippen LogP contribution in [0.4, 0.5) is 30.2 Å². The summed E-state index contributed by atoms with van der Waals surface area (Å²) in [5.74, 6) is 5.78. The maximum atomic E-state index is 14.1. The van der Waals surface area contributed by atoms with Gasteiger partial charge in [-0.05, 0) is 87.8 Å². The first-order chi connectivity index (χ1) is 23.0. The van der Waals surface area contributed by atoms with E-state index < -0.39 is 17.6 Å². The fourth-order valence-electron chi connectivity index (χ4n) is 5.86. The summed E-state index contributed by atoms with van der Waals surface area (Å²) in [7, 11) is 3.97. The van der Waals surface area contributed by atoms with E-state index in [9.17, 15) is 18.0 Å². The summed E-state index contributed by atoms with van der Waals surface area (Å²) in [6.07, 6.45) is 3.57. The Hall–Kier alpha value is -5.12. The van der Waals surface area contributed by atoms with E-state index >= 15 is 0 Å². The van der Waals surface area contributed by atoms with Crippen LogP contribution in [-0.2, 0) is 19.3 Å². The van der Waals surface area contributed by atoms with Crippen LogP contribution in [0.3, 0.4) is 0 Å². The lowest BCUT2D eigenvalue weighted by atomic mass is 10.0. The lowest BCUT2D eigenvalue weighted by Crippen LogP contribution is -2.31. The molecule has 1 aliphatic rings. The number of nitrogens with one attached hydrogen (secondary N) is 2. The van der Waals surface area contributed by atoms with Crippen LogP contribution in [-0.4, -0.2) is 68.1 Å². The maximum absolute atomic E-state index is 14.1. The Labute approximate surface area is 277 Å². The normalized spacial score (nSPS) is 15.1. The third kappa shape index (κ3) is 7.22. The standard InChI is InChI=1S/C36H37F3N8O/c1-5-46-22-29(19-41-46)42-33-7-6-15-47-30(20-40-34(33)47)13-11-25-17-26(9-8-24(25)2)35(48)43-28-12-10-27(32(18-28)36(37,38)39)21-45-16-14-31(23-45)44(3)4/h6-10,12,15,17-20,22,31,42H,5,14,16,21,23H2,1-4H3,(H,43,48). The molecule has 5 aromatic rings. The average molecular weight is 655 g/mol. The van der Waals surface area contributed by atoms with Gasteiger partial charge in [-0.15, -0.1) is 0 Å². The molecule has 1 saturated heterocycles. The van der Waals surface area contributed by atoms with Crippen LogP contribution in [0.15, 0.2) is 73.3 Å². The number of aromatic nitrogens is 4. The molecule has 0 saturated carbocycles. The highest BCUT2D eigenvalue weighted by Gasteiger charge is 2.35. The quantitative estimate of drug-likeness (QED) is 0.188. The minimum absolute atomic E-state index is 0.0778. The van der Waals surface area contributed by atoms with Gasteiger partial charge in [-0.1, -0.05) is 18.1 Å². The molecule has 248 valence electrons. The van der Waals surface area contributed by atoms with E-state index in [0.717, 1.165) is 42.5 Å². The van der Waals surface area contributed by atoms with Crippen LogP contribution < -0.4 is 10.6 Å². The summed E-state index contributed by atoms with van der Waals surface area (Å²) >= 11 is 0. The summed E-state index contributed by atoms with van der Waals surface area (Å²) in [4.78, 5) is 21.9.